The molecule has 0 aromatic carbocycles. The molecule has 0 spiro atoms. The number of urea groups is 1. The molecule has 0 saturated carbocycles. The van der Waals surface area contributed by atoms with Gasteiger partial charge < -0.3 is 21.5 Å². The Morgan fingerprint density at radius 3 is 2.25 bits per heavy atom. The molecule has 0 aromatic rings. The Hall–Kier alpha value is -1.79. The second-order valence-electron chi connectivity index (χ2n) is 5.84. The number of nitrogens with one attached hydrogen (secondary N) is 2. The molecule has 0 saturated heterocycles. The zero-order valence-corrected chi connectivity index (χ0v) is 12.4. The number of amides is 3. The molecule has 0 fully saturated rings. The van der Waals surface area contributed by atoms with Crippen molar-refractivity contribution < 1.29 is 19.5 Å². The van der Waals surface area contributed by atoms with Gasteiger partial charge >= 0.3 is 12.0 Å². The van der Waals surface area contributed by atoms with Crippen LogP contribution in [0.15, 0.2) is 0 Å². The van der Waals surface area contributed by atoms with Gasteiger partial charge in [0.1, 0.15) is 0 Å². The Bertz CT molecular complexity index is 350. The number of primary amides is 1. The van der Waals surface area contributed by atoms with E-state index >= 15 is 0 Å². The molecule has 0 aliphatic heterocycles. The van der Waals surface area contributed by atoms with Crippen LogP contribution in [0.2, 0.25) is 0 Å². The van der Waals surface area contributed by atoms with Crippen molar-refractivity contribution in [3.63, 3.8) is 0 Å². The number of hydrogen-bond donors (Lipinski definition) is 4. The minimum atomic E-state index is -0.952. The summed E-state index contributed by atoms with van der Waals surface area (Å²) in [4.78, 5) is 33.0. The van der Waals surface area contributed by atoms with Crippen LogP contribution in [0.4, 0.5) is 4.79 Å². The highest BCUT2D eigenvalue weighted by Gasteiger charge is 2.28. The predicted octanol–water partition coefficient (Wildman–Crippen LogP) is 0.831. The van der Waals surface area contributed by atoms with Gasteiger partial charge in [-0.1, -0.05) is 20.8 Å². The number of carbonyl (C=O) groups is 3. The van der Waals surface area contributed by atoms with Crippen LogP contribution < -0.4 is 16.4 Å². The number of carboxylic acid groups (broad SMARTS) is 1. The maximum Gasteiger partial charge on any atom is 0.315 e. The van der Waals surface area contributed by atoms with Crippen molar-refractivity contribution in [3.8, 4) is 0 Å². The third kappa shape index (κ3) is 9.18. The summed E-state index contributed by atoms with van der Waals surface area (Å²) in [5.74, 6) is -1.31. The molecule has 0 bridgehead atoms. The fraction of sp³-hybridized carbons (Fsp3) is 0.769. The Balaban J connectivity index is 4.07. The summed E-state index contributed by atoms with van der Waals surface area (Å²) in [5, 5.41) is 14.1. The van der Waals surface area contributed by atoms with E-state index in [1.807, 2.05) is 20.8 Å². The Morgan fingerprint density at radius 2 is 1.80 bits per heavy atom. The Labute approximate surface area is 119 Å². The van der Waals surface area contributed by atoms with Crippen molar-refractivity contribution in [3.05, 3.63) is 0 Å². The summed E-state index contributed by atoms with van der Waals surface area (Å²) < 4.78 is 0. The van der Waals surface area contributed by atoms with Crippen molar-refractivity contribution in [1.82, 2.24) is 10.6 Å². The van der Waals surface area contributed by atoms with Gasteiger partial charge in [0, 0.05) is 19.0 Å². The molecule has 20 heavy (non-hydrogen) atoms. The summed E-state index contributed by atoms with van der Waals surface area (Å²) in [6, 6.07) is -0.851. The predicted molar refractivity (Wildman–Crippen MR) is 75.1 cm³/mol. The molecule has 0 aromatic heterocycles. The van der Waals surface area contributed by atoms with Gasteiger partial charge in [-0.15, -0.1) is 0 Å². The van der Waals surface area contributed by atoms with E-state index in [0.29, 0.717) is 25.8 Å². The van der Waals surface area contributed by atoms with Crippen molar-refractivity contribution in [2.75, 3.05) is 6.54 Å². The van der Waals surface area contributed by atoms with E-state index in [1.54, 1.807) is 0 Å². The summed E-state index contributed by atoms with van der Waals surface area (Å²) in [6.07, 6.45) is 1.44. The first-order valence-electron chi connectivity index (χ1n) is 6.67. The normalized spacial score (nSPS) is 12.6. The van der Waals surface area contributed by atoms with Crippen LogP contribution in [0.3, 0.4) is 0 Å². The molecule has 7 heteroatoms. The quantitative estimate of drug-likeness (QED) is 0.494. The van der Waals surface area contributed by atoms with Gasteiger partial charge in [0.25, 0.3) is 0 Å². The van der Waals surface area contributed by atoms with Crippen LogP contribution in [0.5, 0.6) is 0 Å². The second kappa shape index (κ2) is 8.39. The van der Waals surface area contributed by atoms with Gasteiger partial charge in [-0.05, 0) is 18.3 Å². The average molecular weight is 287 g/mol. The van der Waals surface area contributed by atoms with Crippen molar-refractivity contribution in [2.45, 2.75) is 52.5 Å². The Morgan fingerprint density at radius 1 is 1.20 bits per heavy atom. The monoisotopic (exact) mass is 287 g/mol. The molecule has 1 atom stereocenters. The van der Waals surface area contributed by atoms with E-state index in [4.69, 9.17) is 10.8 Å². The van der Waals surface area contributed by atoms with E-state index in [2.05, 4.69) is 10.6 Å². The summed E-state index contributed by atoms with van der Waals surface area (Å²) in [7, 11) is 0. The topological polar surface area (TPSA) is 122 Å². The SMILES string of the molecule is CC(C)(C)C(CC(=O)O)NC(=O)NCCCCC(N)=O. The maximum atomic E-state index is 11.7. The van der Waals surface area contributed by atoms with Crippen LogP contribution in [-0.4, -0.2) is 35.6 Å². The lowest BCUT2D eigenvalue weighted by molar-refractivity contribution is -0.138. The Kier molecular flexibility index (Phi) is 7.64. The third-order valence-corrected chi connectivity index (χ3v) is 2.86. The molecule has 1 unspecified atom stereocenters. The lowest BCUT2D eigenvalue weighted by atomic mass is 9.85. The van der Waals surface area contributed by atoms with Gasteiger partial charge in [0.15, 0.2) is 0 Å². The first-order valence-corrected chi connectivity index (χ1v) is 6.67. The smallest absolute Gasteiger partial charge is 0.315 e. The number of carboxylic acids is 1. The fourth-order valence-corrected chi connectivity index (χ4v) is 1.58. The van der Waals surface area contributed by atoms with E-state index in [0.717, 1.165) is 0 Å². The maximum absolute atomic E-state index is 11.7. The highest BCUT2D eigenvalue weighted by atomic mass is 16.4. The van der Waals surface area contributed by atoms with Crippen LogP contribution in [-0.2, 0) is 9.59 Å². The van der Waals surface area contributed by atoms with Gasteiger partial charge in [0.2, 0.25) is 5.91 Å². The zero-order chi connectivity index (χ0) is 15.8. The molecule has 3 amide bonds. The zero-order valence-electron chi connectivity index (χ0n) is 12.4. The molecular formula is C13H25N3O4. The van der Waals surface area contributed by atoms with Crippen LogP contribution >= 0.6 is 0 Å². The first-order chi connectivity index (χ1) is 9.12. The molecule has 0 aliphatic carbocycles. The largest absolute Gasteiger partial charge is 0.481 e. The molecule has 0 heterocycles. The minimum Gasteiger partial charge on any atom is -0.481 e. The van der Waals surface area contributed by atoms with Crippen LogP contribution in [0.1, 0.15) is 46.5 Å². The lowest BCUT2D eigenvalue weighted by Gasteiger charge is -2.30. The van der Waals surface area contributed by atoms with Gasteiger partial charge in [-0.2, -0.15) is 0 Å². The lowest BCUT2D eigenvalue weighted by Crippen LogP contribution is -2.49. The van der Waals surface area contributed by atoms with Crippen LogP contribution in [0, 0.1) is 5.41 Å². The number of aliphatic carboxylic acids is 1. The highest BCUT2D eigenvalue weighted by Crippen LogP contribution is 2.21. The first kappa shape index (κ1) is 18.2. The van der Waals surface area contributed by atoms with E-state index in [9.17, 15) is 14.4 Å². The summed E-state index contributed by atoms with van der Waals surface area (Å²) >= 11 is 0. The number of nitrogens with two attached hydrogens (primary N) is 1. The summed E-state index contributed by atoms with van der Waals surface area (Å²) in [5.41, 5.74) is 4.65. The molecule has 0 rings (SSSR count). The number of rotatable bonds is 8. The number of carbonyl (C=O) groups excluding carboxylic acids is 2. The van der Waals surface area contributed by atoms with Crippen molar-refractivity contribution in [2.24, 2.45) is 11.1 Å². The van der Waals surface area contributed by atoms with E-state index in [-0.39, 0.29) is 17.7 Å². The summed E-state index contributed by atoms with van der Waals surface area (Å²) in [6.45, 7) is 6.03. The molecule has 0 radical (unpaired) electrons. The van der Waals surface area contributed by atoms with Crippen molar-refractivity contribution >= 4 is 17.9 Å². The third-order valence-electron chi connectivity index (χ3n) is 2.86. The standard InChI is InChI=1S/C13H25N3O4/c1-13(2,3)9(8-11(18)19)16-12(20)15-7-5-4-6-10(14)17/h9H,4-8H2,1-3H3,(H2,14,17)(H,18,19)(H2,15,16,20). The van der Waals surface area contributed by atoms with E-state index in [1.165, 1.54) is 0 Å². The van der Waals surface area contributed by atoms with Gasteiger partial charge in [0.05, 0.1) is 6.42 Å². The van der Waals surface area contributed by atoms with Crippen molar-refractivity contribution in [1.29, 1.82) is 0 Å². The van der Waals surface area contributed by atoms with Gasteiger partial charge in [-0.3, -0.25) is 9.59 Å². The molecule has 5 N–H and O–H groups in total. The van der Waals surface area contributed by atoms with Crippen LogP contribution in [0.25, 0.3) is 0 Å². The number of hydrogen-bond acceptors (Lipinski definition) is 3. The highest BCUT2D eigenvalue weighted by molar-refractivity contribution is 5.76. The number of unbranched alkanes of at least 4 members (excludes halogenated alkanes) is 1. The minimum absolute atomic E-state index is 0.126. The second-order valence-corrected chi connectivity index (χ2v) is 5.84. The molecular weight excluding hydrogens is 262 g/mol. The average Bonchev–Trinajstić information content (AvgIpc) is 2.25. The molecule has 116 valence electrons. The fourth-order valence-electron chi connectivity index (χ4n) is 1.58. The van der Waals surface area contributed by atoms with Gasteiger partial charge in [-0.25, -0.2) is 4.79 Å². The van der Waals surface area contributed by atoms with E-state index < -0.39 is 18.0 Å². The molecule has 0 aliphatic rings. The molecule has 7 nitrogen and oxygen atoms in total.